The van der Waals surface area contributed by atoms with Gasteiger partial charge in [-0.1, -0.05) is 16.8 Å². The molecule has 20 heavy (non-hydrogen) atoms. The molecule has 104 valence electrons. The lowest BCUT2D eigenvalue weighted by atomic mass is 10.3. The molecular weight excluding hydrogens is 282 g/mol. The van der Waals surface area contributed by atoms with Gasteiger partial charge in [0, 0.05) is 13.1 Å². The maximum Gasteiger partial charge on any atom is 0.368 e. The number of oxazole rings is 1. The first-order valence-corrected chi connectivity index (χ1v) is 6.17. The highest BCUT2D eigenvalue weighted by Crippen LogP contribution is 2.14. The maximum atomic E-state index is 11.8. The van der Waals surface area contributed by atoms with Crippen molar-refractivity contribution in [3.63, 3.8) is 0 Å². The smallest absolute Gasteiger partial charge is 0.368 e. The van der Waals surface area contributed by atoms with Crippen molar-refractivity contribution in [1.82, 2.24) is 9.97 Å². The minimum Gasteiger partial charge on any atom is -0.439 e. The number of aryl methyl sites for hydroxylation is 2. The van der Waals surface area contributed by atoms with E-state index in [0.717, 1.165) is 0 Å². The van der Waals surface area contributed by atoms with E-state index in [4.69, 9.17) is 20.9 Å². The molecule has 0 aliphatic carbocycles. The Morgan fingerprint density at radius 1 is 1.45 bits per heavy atom. The number of rotatable bonds is 3. The molecule has 0 aliphatic rings. The van der Waals surface area contributed by atoms with Crippen LogP contribution < -0.4 is 0 Å². The van der Waals surface area contributed by atoms with Crippen LogP contribution in [0.5, 0.6) is 0 Å². The third-order valence-electron chi connectivity index (χ3n) is 2.48. The molecule has 2 aromatic rings. The van der Waals surface area contributed by atoms with E-state index >= 15 is 0 Å². The molecule has 0 saturated carbocycles. The fraction of sp³-hybridized carbons (Fsp3) is 0.231. The van der Waals surface area contributed by atoms with E-state index in [1.807, 2.05) is 0 Å². The maximum absolute atomic E-state index is 11.8. The SMILES string of the molecule is CC(=NOC(=O)c1cccnc1Cl)c1oc(C)nc1C. The topological polar surface area (TPSA) is 77.6 Å². The third kappa shape index (κ3) is 3.03. The van der Waals surface area contributed by atoms with Gasteiger partial charge >= 0.3 is 5.97 Å². The van der Waals surface area contributed by atoms with Gasteiger partial charge in [0.15, 0.2) is 11.7 Å². The van der Waals surface area contributed by atoms with Crippen molar-refractivity contribution >= 4 is 23.3 Å². The molecule has 0 aromatic carbocycles. The molecule has 6 nitrogen and oxygen atoms in total. The van der Waals surface area contributed by atoms with Gasteiger partial charge in [0.25, 0.3) is 0 Å². The van der Waals surface area contributed by atoms with Gasteiger partial charge < -0.3 is 9.25 Å². The molecule has 0 radical (unpaired) electrons. The van der Waals surface area contributed by atoms with Gasteiger partial charge in [-0.05, 0) is 26.0 Å². The number of hydrogen-bond donors (Lipinski definition) is 0. The summed E-state index contributed by atoms with van der Waals surface area (Å²) in [6.45, 7) is 5.17. The first-order chi connectivity index (χ1) is 9.49. The van der Waals surface area contributed by atoms with Crippen molar-refractivity contribution in [2.75, 3.05) is 0 Å². The van der Waals surface area contributed by atoms with E-state index in [9.17, 15) is 4.79 Å². The summed E-state index contributed by atoms with van der Waals surface area (Å²) in [5.74, 6) is 0.317. The summed E-state index contributed by atoms with van der Waals surface area (Å²) < 4.78 is 5.37. The van der Waals surface area contributed by atoms with Gasteiger partial charge in [0.05, 0.1) is 11.3 Å². The van der Waals surface area contributed by atoms with Gasteiger partial charge in [0.2, 0.25) is 0 Å². The number of pyridine rings is 1. The fourth-order valence-electron chi connectivity index (χ4n) is 1.61. The third-order valence-corrected chi connectivity index (χ3v) is 2.78. The van der Waals surface area contributed by atoms with E-state index < -0.39 is 5.97 Å². The second-order valence-corrected chi connectivity index (χ2v) is 4.40. The van der Waals surface area contributed by atoms with Gasteiger partial charge in [0.1, 0.15) is 10.9 Å². The molecule has 7 heteroatoms. The van der Waals surface area contributed by atoms with Crippen LogP contribution in [0.2, 0.25) is 5.15 Å². The number of nitrogens with zero attached hydrogens (tertiary/aromatic N) is 3. The van der Waals surface area contributed by atoms with E-state index in [1.54, 1.807) is 26.8 Å². The summed E-state index contributed by atoms with van der Waals surface area (Å²) in [6, 6.07) is 3.09. The van der Waals surface area contributed by atoms with E-state index in [0.29, 0.717) is 23.1 Å². The van der Waals surface area contributed by atoms with Crippen LogP contribution in [0.15, 0.2) is 27.9 Å². The van der Waals surface area contributed by atoms with Crippen LogP contribution in [0.4, 0.5) is 0 Å². The highest BCUT2D eigenvalue weighted by molar-refractivity contribution is 6.32. The number of oxime groups is 1. The highest BCUT2D eigenvalue weighted by Gasteiger charge is 2.14. The second-order valence-electron chi connectivity index (χ2n) is 4.04. The van der Waals surface area contributed by atoms with Gasteiger partial charge in [-0.25, -0.2) is 14.8 Å². The highest BCUT2D eigenvalue weighted by atomic mass is 35.5. The lowest BCUT2D eigenvalue weighted by Crippen LogP contribution is -2.05. The minimum atomic E-state index is -0.684. The molecule has 2 heterocycles. The first-order valence-electron chi connectivity index (χ1n) is 5.80. The molecular formula is C13H12ClN3O3. The van der Waals surface area contributed by atoms with Crippen LogP contribution in [0, 0.1) is 13.8 Å². The van der Waals surface area contributed by atoms with Gasteiger partial charge in [-0.2, -0.15) is 0 Å². The first kappa shape index (κ1) is 14.2. The summed E-state index contributed by atoms with van der Waals surface area (Å²) in [7, 11) is 0. The molecule has 0 N–H and O–H groups in total. The fourth-order valence-corrected chi connectivity index (χ4v) is 1.80. The largest absolute Gasteiger partial charge is 0.439 e. The van der Waals surface area contributed by atoms with Crippen molar-refractivity contribution in [1.29, 1.82) is 0 Å². The average Bonchev–Trinajstić information content (AvgIpc) is 2.75. The number of halogens is 1. The Kier molecular flexibility index (Phi) is 4.14. The van der Waals surface area contributed by atoms with Crippen LogP contribution in [0.3, 0.4) is 0 Å². The molecule has 0 unspecified atom stereocenters. The zero-order valence-electron chi connectivity index (χ0n) is 11.2. The minimum absolute atomic E-state index is 0.0667. The van der Waals surface area contributed by atoms with E-state index in [1.165, 1.54) is 12.3 Å². The van der Waals surface area contributed by atoms with E-state index in [2.05, 4.69) is 15.1 Å². The van der Waals surface area contributed by atoms with Crippen LogP contribution in [0.1, 0.15) is 34.6 Å². The number of carbonyl (C=O) groups excluding carboxylic acids is 1. The molecule has 0 fully saturated rings. The van der Waals surface area contributed by atoms with Crippen LogP contribution in [-0.4, -0.2) is 21.6 Å². The summed E-state index contributed by atoms with van der Waals surface area (Å²) >= 11 is 5.79. The van der Waals surface area contributed by atoms with Crippen LogP contribution in [-0.2, 0) is 4.84 Å². The van der Waals surface area contributed by atoms with Gasteiger partial charge in [-0.15, -0.1) is 0 Å². The molecule has 0 aliphatic heterocycles. The zero-order chi connectivity index (χ0) is 14.7. The molecule has 0 atom stereocenters. The second kappa shape index (κ2) is 5.83. The lowest BCUT2D eigenvalue weighted by Gasteiger charge is -2.00. The van der Waals surface area contributed by atoms with Crippen LogP contribution >= 0.6 is 11.6 Å². The van der Waals surface area contributed by atoms with Crippen molar-refractivity contribution < 1.29 is 14.0 Å². The van der Waals surface area contributed by atoms with Crippen molar-refractivity contribution in [2.45, 2.75) is 20.8 Å². The zero-order valence-corrected chi connectivity index (χ0v) is 11.9. The van der Waals surface area contributed by atoms with Crippen molar-refractivity contribution in [2.24, 2.45) is 5.16 Å². The molecule has 2 rings (SSSR count). The Balaban J connectivity index is 2.15. The van der Waals surface area contributed by atoms with E-state index in [-0.39, 0.29) is 10.7 Å². The molecule has 0 bridgehead atoms. The summed E-state index contributed by atoms with van der Waals surface area (Å²) in [6.07, 6.45) is 1.48. The Bertz CT molecular complexity index is 679. The predicted molar refractivity (Wildman–Crippen MR) is 72.9 cm³/mol. The molecule has 2 aromatic heterocycles. The molecule has 0 saturated heterocycles. The van der Waals surface area contributed by atoms with Crippen molar-refractivity contribution in [3.05, 3.63) is 46.4 Å². The number of hydrogen-bond acceptors (Lipinski definition) is 6. The number of carbonyl (C=O) groups is 1. The summed E-state index contributed by atoms with van der Waals surface area (Å²) in [5, 5.41) is 3.80. The molecule has 0 amide bonds. The summed E-state index contributed by atoms with van der Waals surface area (Å²) in [5.41, 5.74) is 1.24. The Morgan fingerprint density at radius 2 is 2.20 bits per heavy atom. The average molecular weight is 294 g/mol. The Hall–Kier alpha value is -2.21. The quantitative estimate of drug-likeness (QED) is 0.376. The normalized spacial score (nSPS) is 11.5. The Morgan fingerprint density at radius 3 is 2.80 bits per heavy atom. The molecule has 0 spiro atoms. The Labute approximate surface area is 120 Å². The monoisotopic (exact) mass is 293 g/mol. The van der Waals surface area contributed by atoms with Crippen molar-refractivity contribution in [3.8, 4) is 0 Å². The van der Waals surface area contributed by atoms with Gasteiger partial charge in [-0.3, -0.25) is 0 Å². The standard InChI is InChI=1S/C13H12ClN3O3/c1-7-11(19-9(3)16-7)8(2)17-20-13(18)10-5-4-6-15-12(10)14/h4-6H,1-3H3. The lowest BCUT2D eigenvalue weighted by molar-refractivity contribution is 0.0515. The van der Waals surface area contributed by atoms with Crippen LogP contribution in [0.25, 0.3) is 0 Å². The summed E-state index contributed by atoms with van der Waals surface area (Å²) in [4.78, 5) is 24.5. The number of aromatic nitrogens is 2. The predicted octanol–water partition coefficient (Wildman–Crippen LogP) is 2.92.